The van der Waals surface area contributed by atoms with Gasteiger partial charge in [-0.2, -0.15) is 0 Å². The summed E-state index contributed by atoms with van der Waals surface area (Å²) in [7, 11) is -4.08. The number of rotatable bonds is 5. The second-order valence-electron chi connectivity index (χ2n) is 7.49. The van der Waals surface area contributed by atoms with E-state index in [1.54, 1.807) is 32.9 Å². The summed E-state index contributed by atoms with van der Waals surface area (Å²) >= 11 is 0. The monoisotopic (exact) mass is 442 g/mol. The van der Waals surface area contributed by atoms with E-state index in [4.69, 9.17) is 0 Å². The molecule has 0 radical (unpaired) electrons. The maximum atomic E-state index is 13.3. The van der Waals surface area contributed by atoms with Gasteiger partial charge in [0.15, 0.2) is 0 Å². The number of pyridine rings is 1. The number of carbonyl (C=O) groups excluding carboxylic acids is 1. The fourth-order valence-electron chi connectivity index (χ4n) is 3.31. The molecule has 0 aliphatic carbocycles. The highest BCUT2D eigenvalue weighted by Crippen LogP contribution is 2.23. The lowest BCUT2D eigenvalue weighted by atomic mass is 10.1. The summed E-state index contributed by atoms with van der Waals surface area (Å²) in [4.78, 5) is 25.3. The van der Waals surface area contributed by atoms with E-state index in [1.165, 1.54) is 36.4 Å². The van der Waals surface area contributed by atoms with Crippen LogP contribution in [0.3, 0.4) is 0 Å². The molecule has 1 aromatic heterocycles. The number of carbonyl (C=O) groups is 1. The molecule has 0 unspecified atom stereocenters. The molecule has 0 atom stereocenters. The van der Waals surface area contributed by atoms with Gasteiger partial charge in [-0.05, 0) is 86.8 Å². The van der Waals surface area contributed by atoms with Crippen LogP contribution in [-0.4, -0.2) is 18.9 Å². The molecule has 3 aromatic rings. The standard InChI is InChI=1S/C23H23FN2O4S/c1-14-5-10-20(12-15(14)2)31(29,30)22-16(3)11-17(4)26(23(22)28)13-21(27)25-19-8-6-18(24)7-9-19/h5-12H,13H2,1-4H3,(H,25,27). The highest BCUT2D eigenvalue weighted by molar-refractivity contribution is 7.91. The predicted molar refractivity (Wildman–Crippen MR) is 117 cm³/mol. The van der Waals surface area contributed by atoms with Crippen molar-refractivity contribution >= 4 is 21.4 Å². The van der Waals surface area contributed by atoms with Crippen LogP contribution in [0.1, 0.15) is 22.4 Å². The summed E-state index contributed by atoms with van der Waals surface area (Å²) in [5.74, 6) is -0.972. The molecule has 1 heterocycles. The molecule has 0 spiro atoms. The lowest BCUT2D eigenvalue weighted by molar-refractivity contribution is -0.116. The minimum absolute atomic E-state index is 0.0296. The smallest absolute Gasteiger partial charge is 0.270 e. The third-order valence-corrected chi connectivity index (χ3v) is 7.04. The first-order chi connectivity index (χ1) is 14.5. The second kappa shape index (κ2) is 8.47. The van der Waals surface area contributed by atoms with Gasteiger partial charge in [0, 0.05) is 11.4 Å². The molecule has 6 nitrogen and oxygen atoms in total. The molecular formula is C23H23FN2O4S. The van der Waals surface area contributed by atoms with E-state index in [2.05, 4.69) is 5.32 Å². The number of amides is 1. The summed E-state index contributed by atoms with van der Waals surface area (Å²) in [5.41, 5.74) is 2.11. The van der Waals surface area contributed by atoms with Crippen LogP contribution in [0, 0.1) is 33.5 Å². The van der Waals surface area contributed by atoms with E-state index in [0.29, 0.717) is 16.9 Å². The molecule has 1 N–H and O–H groups in total. The van der Waals surface area contributed by atoms with E-state index in [1.807, 2.05) is 6.92 Å². The lowest BCUT2D eigenvalue weighted by Gasteiger charge is -2.15. The molecule has 2 aromatic carbocycles. The van der Waals surface area contributed by atoms with Crippen LogP contribution in [0.4, 0.5) is 10.1 Å². The zero-order valence-electron chi connectivity index (χ0n) is 17.7. The van der Waals surface area contributed by atoms with E-state index >= 15 is 0 Å². The summed E-state index contributed by atoms with van der Waals surface area (Å²) < 4.78 is 40.7. The van der Waals surface area contributed by atoms with Crippen molar-refractivity contribution in [3.63, 3.8) is 0 Å². The van der Waals surface area contributed by atoms with Crippen LogP contribution in [0.5, 0.6) is 0 Å². The number of aryl methyl sites for hydroxylation is 4. The number of aromatic nitrogens is 1. The largest absolute Gasteiger partial charge is 0.325 e. The molecule has 0 saturated heterocycles. The Morgan fingerprint density at radius 2 is 1.58 bits per heavy atom. The first-order valence-corrected chi connectivity index (χ1v) is 11.1. The Labute approximate surface area is 180 Å². The van der Waals surface area contributed by atoms with E-state index in [9.17, 15) is 22.4 Å². The van der Waals surface area contributed by atoms with Crippen molar-refractivity contribution in [1.82, 2.24) is 4.57 Å². The minimum atomic E-state index is -4.08. The summed E-state index contributed by atoms with van der Waals surface area (Å²) in [6.07, 6.45) is 0. The molecule has 0 aliphatic rings. The highest BCUT2D eigenvalue weighted by Gasteiger charge is 2.26. The third kappa shape index (κ3) is 4.59. The van der Waals surface area contributed by atoms with Gasteiger partial charge in [0.25, 0.3) is 5.56 Å². The fourth-order valence-corrected chi connectivity index (χ4v) is 4.95. The van der Waals surface area contributed by atoms with Crippen LogP contribution in [0.15, 0.2) is 63.1 Å². The number of anilines is 1. The van der Waals surface area contributed by atoms with Gasteiger partial charge in [-0.1, -0.05) is 6.07 Å². The normalized spacial score (nSPS) is 11.4. The van der Waals surface area contributed by atoms with Crippen molar-refractivity contribution in [2.45, 2.75) is 44.0 Å². The van der Waals surface area contributed by atoms with Crippen LogP contribution in [-0.2, 0) is 21.2 Å². The Hall–Kier alpha value is -3.26. The maximum absolute atomic E-state index is 13.3. The Balaban J connectivity index is 2.01. The zero-order valence-corrected chi connectivity index (χ0v) is 18.5. The van der Waals surface area contributed by atoms with E-state index < -0.39 is 27.1 Å². The van der Waals surface area contributed by atoms with Gasteiger partial charge in [-0.15, -0.1) is 0 Å². The van der Waals surface area contributed by atoms with Crippen LogP contribution in [0.25, 0.3) is 0 Å². The molecule has 0 bridgehead atoms. The van der Waals surface area contributed by atoms with Crippen LogP contribution >= 0.6 is 0 Å². The molecule has 31 heavy (non-hydrogen) atoms. The van der Waals surface area contributed by atoms with Gasteiger partial charge in [0.05, 0.1) is 4.90 Å². The molecule has 3 rings (SSSR count). The molecule has 0 aliphatic heterocycles. The van der Waals surface area contributed by atoms with Gasteiger partial charge in [0.1, 0.15) is 17.3 Å². The molecule has 8 heteroatoms. The van der Waals surface area contributed by atoms with Gasteiger partial charge < -0.3 is 9.88 Å². The van der Waals surface area contributed by atoms with Crippen LogP contribution in [0.2, 0.25) is 0 Å². The number of benzene rings is 2. The number of sulfone groups is 1. The van der Waals surface area contributed by atoms with Gasteiger partial charge >= 0.3 is 0 Å². The van der Waals surface area contributed by atoms with Gasteiger partial charge in [-0.25, -0.2) is 12.8 Å². The average molecular weight is 443 g/mol. The number of nitrogens with one attached hydrogen (secondary N) is 1. The maximum Gasteiger partial charge on any atom is 0.270 e. The van der Waals surface area contributed by atoms with Crippen molar-refractivity contribution in [3.05, 3.63) is 87.1 Å². The second-order valence-corrected chi connectivity index (χ2v) is 9.38. The molecule has 1 amide bonds. The minimum Gasteiger partial charge on any atom is -0.325 e. The summed E-state index contributed by atoms with van der Waals surface area (Å²) in [6, 6.07) is 11.5. The fraction of sp³-hybridized carbons (Fsp3) is 0.217. The molecule has 0 fully saturated rings. The topological polar surface area (TPSA) is 85.2 Å². The zero-order chi connectivity index (χ0) is 22.9. The third-order valence-electron chi connectivity index (χ3n) is 5.14. The Morgan fingerprint density at radius 3 is 2.19 bits per heavy atom. The molecular weight excluding hydrogens is 419 g/mol. The number of hydrogen-bond donors (Lipinski definition) is 1. The Kier molecular flexibility index (Phi) is 6.13. The van der Waals surface area contributed by atoms with E-state index in [0.717, 1.165) is 15.7 Å². The molecule has 162 valence electrons. The summed E-state index contributed by atoms with van der Waals surface area (Å²) in [6.45, 7) is 6.49. The van der Waals surface area contributed by atoms with Crippen molar-refractivity contribution in [1.29, 1.82) is 0 Å². The average Bonchev–Trinajstić information content (AvgIpc) is 2.68. The highest BCUT2D eigenvalue weighted by atomic mass is 32.2. The van der Waals surface area contributed by atoms with Gasteiger partial charge in [0.2, 0.25) is 15.7 Å². The first-order valence-electron chi connectivity index (χ1n) is 9.59. The van der Waals surface area contributed by atoms with Crippen molar-refractivity contribution < 1.29 is 17.6 Å². The lowest BCUT2D eigenvalue weighted by Crippen LogP contribution is -2.33. The Morgan fingerprint density at radius 1 is 0.935 bits per heavy atom. The van der Waals surface area contributed by atoms with Crippen molar-refractivity contribution in [3.8, 4) is 0 Å². The van der Waals surface area contributed by atoms with Crippen molar-refractivity contribution in [2.75, 3.05) is 5.32 Å². The summed E-state index contributed by atoms with van der Waals surface area (Å²) in [5, 5.41) is 2.58. The quantitative estimate of drug-likeness (QED) is 0.653. The Bertz CT molecular complexity index is 1330. The number of hydrogen-bond acceptors (Lipinski definition) is 4. The SMILES string of the molecule is Cc1ccc(S(=O)(=O)c2c(C)cc(C)n(CC(=O)Nc3ccc(F)cc3)c2=O)cc1C. The number of nitrogens with zero attached hydrogens (tertiary/aromatic N) is 1. The first kappa shape index (κ1) is 22.4. The van der Waals surface area contributed by atoms with E-state index in [-0.39, 0.29) is 16.3 Å². The van der Waals surface area contributed by atoms with Crippen molar-refractivity contribution in [2.24, 2.45) is 0 Å². The van der Waals surface area contributed by atoms with Gasteiger partial charge in [-0.3, -0.25) is 9.59 Å². The number of halogens is 1. The van der Waals surface area contributed by atoms with Crippen LogP contribution < -0.4 is 10.9 Å². The molecule has 0 saturated carbocycles. The predicted octanol–water partition coefficient (Wildman–Crippen LogP) is 3.69.